The summed E-state index contributed by atoms with van der Waals surface area (Å²) in [5.74, 6) is 1.00. The summed E-state index contributed by atoms with van der Waals surface area (Å²) in [6.07, 6.45) is 2.94. The fraction of sp³-hybridized carbons (Fsp3) is 0.562. The molecule has 124 valence electrons. The predicted molar refractivity (Wildman–Crippen MR) is 87.0 cm³/mol. The predicted octanol–water partition coefficient (Wildman–Crippen LogP) is 2.98. The topological polar surface area (TPSA) is 70.4 Å². The third kappa shape index (κ3) is 3.47. The van der Waals surface area contributed by atoms with Crippen LogP contribution in [0.15, 0.2) is 17.0 Å². The van der Waals surface area contributed by atoms with Crippen molar-refractivity contribution in [1.82, 2.24) is 4.31 Å². The highest BCUT2D eigenvalue weighted by atomic mass is 35.5. The SMILES string of the molecule is C[C@@H]1Cc2cc(S(=O)(=O)N(CCC#N)CC3CC3)cc(Cl)c2O1. The van der Waals surface area contributed by atoms with E-state index >= 15 is 0 Å². The van der Waals surface area contributed by atoms with E-state index < -0.39 is 10.0 Å². The molecule has 0 N–H and O–H groups in total. The second-order valence-corrected chi connectivity index (χ2v) is 8.59. The van der Waals surface area contributed by atoms with Crippen LogP contribution in [0.2, 0.25) is 5.02 Å². The summed E-state index contributed by atoms with van der Waals surface area (Å²) in [5, 5.41) is 9.12. The first kappa shape index (κ1) is 16.6. The molecule has 0 spiro atoms. The molecular weight excluding hydrogens is 336 g/mol. The zero-order valence-corrected chi connectivity index (χ0v) is 14.5. The molecule has 0 unspecified atom stereocenters. The molecule has 0 radical (unpaired) electrons. The molecule has 1 atom stereocenters. The van der Waals surface area contributed by atoms with Crippen LogP contribution >= 0.6 is 11.6 Å². The van der Waals surface area contributed by atoms with Crippen LogP contribution in [-0.4, -0.2) is 31.9 Å². The van der Waals surface area contributed by atoms with Gasteiger partial charge in [-0.1, -0.05) is 11.6 Å². The van der Waals surface area contributed by atoms with Crippen molar-refractivity contribution in [3.8, 4) is 11.8 Å². The lowest BCUT2D eigenvalue weighted by atomic mass is 10.1. The van der Waals surface area contributed by atoms with E-state index in [9.17, 15) is 8.42 Å². The number of sulfonamides is 1. The van der Waals surface area contributed by atoms with Crippen LogP contribution in [-0.2, 0) is 16.4 Å². The lowest BCUT2D eigenvalue weighted by molar-refractivity contribution is 0.255. The van der Waals surface area contributed by atoms with Crippen LogP contribution in [0.4, 0.5) is 0 Å². The zero-order valence-electron chi connectivity index (χ0n) is 13.0. The molecule has 5 nitrogen and oxygen atoms in total. The van der Waals surface area contributed by atoms with Gasteiger partial charge in [-0.3, -0.25) is 0 Å². The molecule has 1 aliphatic carbocycles. The number of benzene rings is 1. The van der Waals surface area contributed by atoms with Crippen molar-refractivity contribution in [1.29, 1.82) is 5.26 Å². The van der Waals surface area contributed by atoms with Crippen molar-refractivity contribution in [3.63, 3.8) is 0 Å². The standard InChI is InChI=1S/C16H19ClN2O3S/c1-11-7-13-8-14(9-15(17)16(13)22-11)23(20,21)19(6-2-5-18)10-12-3-4-12/h8-9,11-12H,2-4,6-7,10H2,1H3/t11-/m1/s1. The van der Waals surface area contributed by atoms with E-state index in [0.29, 0.717) is 29.7 Å². The van der Waals surface area contributed by atoms with Gasteiger partial charge >= 0.3 is 0 Å². The van der Waals surface area contributed by atoms with Gasteiger partial charge in [0.2, 0.25) is 10.0 Å². The molecule has 1 aliphatic heterocycles. The van der Waals surface area contributed by atoms with Crippen LogP contribution in [0, 0.1) is 17.2 Å². The second-order valence-electron chi connectivity index (χ2n) is 6.24. The summed E-state index contributed by atoms with van der Waals surface area (Å²) in [7, 11) is -3.65. The summed E-state index contributed by atoms with van der Waals surface area (Å²) >= 11 is 6.21. The number of nitriles is 1. The van der Waals surface area contributed by atoms with Crippen LogP contribution < -0.4 is 4.74 Å². The molecule has 0 aromatic heterocycles. The molecule has 7 heteroatoms. The van der Waals surface area contributed by atoms with Crippen molar-refractivity contribution >= 4 is 21.6 Å². The van der Waals surface area contributed by atoms with Crippen LogP contribution in [0.3, 0.4) is 0 Å². The first-order valence-corrected chi connectivity index (χ1v) is 9.60. The highest BCUT2D eigenvalue weighted by Gasteiger charge is 2.33. The molecule has 1 aromatic rings. The number of rotatable bonds is 6. The maximum Gasteiger partial charge on any atom is 0.243 e. The Morgan fingerprint density at radius 3 is 2.83 bits per heavy atom. The van der Waals surface area contributed by atoms with Crippen molar-refractivity contribution in [2.24, 2.45) is 5.92 Å². The Bertz CT molecular complexity index is 753. The maximum atomic E-state index is 13.0. The van der Waals surface area contributed by atoms with E-state index in [4.69, 9.17) is 21.6 Å². The smallest absolute Gasteiger partial charge is 0.243 e. The van der Waals surface area contributed by atoms with Crippen molar-refractivity contribution in [2.75, 3.05) is 13.1 Å². The van der Waals surface area contributed by atoms with E-state index in [0.717, 1.165) is 18.4 Å². The molecule has 1 fully saturated rings. The molecule has 3 rings (SSSR count). The van der Waals surface area contributed by atoms with Gasteiger partial charge in [0.1, 0.15) is 11.9 Å². The van der Waals surface area contributed by atoms with E-state index in [1.807, 2.05) is 13.0 Å². The summed E-state index contributed by atoms with van der Waals surface area (Å²) < 4.78 is 32.9. The van der Waals surface area contributed by atoms with Crippen LogP contribution in [0.5, 0.6) is 5.75 Å². The van der Waals surface area contributed by atoms with E-state index in [1.54, 1.807) is 6.07 Å². The lowest BCUT2D eigenvalue weighted by Crippen LogP contribution is -2.33. The quantitative estimate of drug-likeness (QED) is 0.787. The van der Waals surface area contributed by atoms with E-state index in [1.165, 1.54) is 10.4 Å². The normalized spacial score (nSPS) is 20.2. The van der Waals surface area contributed by atoms with Gasteiger partial charge in [0.15, 0.2) is 0 Å². The van der Waals surface area contributed by atoms with Gasteiger partial charge in [0.25, 0.3) is 0 Å². The molecule has 0 bridgehead atoms. The fourth-order valence-corrected chi connectivity index (χ4v) is 4.77. The fourth-order valence-electron chi connectivity index (χ4n) is 2.83. The molecule has 1 heterocycles. The average Bonchev–Trinajstić information content (AvgIpc) is 3.23. The summed E-state index contributed by atoms with van der Waals surface area (Å²) in [6.45, 7) is 2.62. The van der Waals surface area contributed by atoms with Gasteiger partial charge < -0.3 is 4.74 Å². The third-order valence-electron chi connectivity index (χ3n) is 4.19. The number of hydrogen-bond donors (Lipinski definition) is 0. The third-order valence-corrected chi connectivity index (χ3v) is 6.31. The zero-order chi connectivity index (χ0) is 16.6. The molecule has 2 aliphatic rings. The van der Waals surface area contributed by atoms with E-state index in [2.05, 4.69) is 0 Å². The second kappa shape index (κ2) is 6.31. The van der Waals surface area contributed by atoms with Gasteiger partial charge in [0, 0.05) is 31.5 Å². The van der Waals surface area contributed by atoms with Gasteiger partial charge in [-0.15, -0.1) is 0 Å². The van der Waals surface area contributed by atoms with Crippen LogP contribution in [0.1, 0.15) is 31.7 Å². The van der Waals surface area contributed by atoms with Gasteiger partial charge in [-0.2, -0.15) is 9.57 Å². The average molecular weight is 355 g/mol. The summed E-state index contributed by atoms with van der Waals surface area (Å²) in [5.41, 5.74) is 0.829. The summed E-state index contributed by atoms with van der Waals surface area (Å²) in [6, 6.07) is 5.14. The number of nitrogens with zero attached hydrogens (tertiary/aromatic N) is 2. The molecule has 23 heavy (non-hydrogen) atoms. The minimum Gasteiger partial charge on any atom is -0.489 e. The van der Waals surface area contributed by atoms with Gasteiger partial charge in [-0.25, -0.2) is 8.42 Å². The largest absolute Gasteiger partial charge is 0.489 e. The van der Waals surface area contributed by atoms with Gasteiger partial charge in [-0.05, 0) is 37.8 Å². The monoisotopic (exact) mass is 354 g/mol. The Morgan fingerprint density at radius 2 is 2.17 bits per heavy atom. The minimum absolute atomic E-state index is 0.00149. The Kier molecular flexibility index (Phi) is 4.54. The number of ether oxygens (including phenoxy) is 1. The molecule has 1 saturated carbocycles. The Labute approximate surface area is 141 Å². The lowest BCUT2D eigenvalue weighted by Gasteiger charge is -2.21. The van der Waals surface area contributed by atoms with Crippen molar-refractivity contribution in [3.05, 3.63) is 22.7 Å². The Morgan fingerprint density at radius 1 is 1.43 bits per heavy atom. The molecule has 0 amide bonds. The minimum atomic E-state index is -3.65. The summed E-state index contributed by atoms with van der Waals surface area (Å²) in [4.78, 5) is 0.192. The molecular formula is C16H19ClN2O3S. The Balaban J connectivity index is 1.93. The molecule has 1 aromatic carbocycles. The van der Waals surface area contributed by atoms with Crippen molar-refractivity contribution < 1.29 is 13.2 Å². The highest BCUT2D eigenvalue weighted by molar-refractivity contribution is 7.89. The van der Waals surface area contributed by atoms with Crippen LogP contribution in [0.25, 0.3) is 0 Å². The van der Waals surface area contributed by atoms with Gasteiger partial charge in [0.05, 0.1) is 16.0 Å². The molecule has 0 saturated heterocycles. The first-order chi connectivity index (χ1) is 10.9. The Hall–Kier alpha value is -1.29. The maximum absolute atomic E-state index is 13.0. The van der Waals surface area contributed by atoms with E-state index in [-0.39, 0.29) is 24.0 Å². The first-order valence-electron chi connectivity index (χ1n) is 7.78. The highest BCUT2D eigenvalue weighted by Crippen LogP contribution is 2.39. The number of hydrogen-bond acceptors (Lipinski definition) is 4. The van der Waals surface area contributed by atoms with Crippen molar-refractivity contribution in [2.45, 2.75) is 43.6 Å². The number of fused-ring (bicyclic) bond motifs is 1. The number of halogens is 1.